The van der Waals surface area contributed by atoms with Crippen molar-refractivity contribution in [3.05, 3.63) is 53.1 Å². The topological polar surface area (TPSA) is 58.6 Å². The highest BCUT2D eigenvalue weighted by Gasteiger charge is 2.32. The molecule has 29 heavy (non-hydrogen) atoms. The Labute approximate surface area is 176 Å². The van der Waals surface area contributed by atoms with Gasteiger partial charge in [0.1, 0.15) is 5.75 Å². The molecule has 1 atom stereocenters. The average Bonchev–Trinajstić information content (AvgIpc) is 2.73. The maximum Gasteiger partial charge on any atom is 0.268 e. The standard InChI is InChI=1S/C23H25ClN2O3/c1-15-23(28)26(14-17-9-5-6-10-19(17)24)20-13-18(11-12-21(20)29-15)25-22(27)16-7-3-2-4-8-16/h5-6,9-13,15-16H,2-4,7-8,14H2,1H3,(H,25,27). The van der Waals surface area contributed by atoms with Gasteiger partial charge < -0.3 is 15.0 Å². The van der Waals surface area contributed by atoms with Gasteiger partial charge in [0.15, 0.2) is 6.10 Å². The van der Waals surface area contributed by atoms with Gasteiger partial charge in [-0.1, -0.05) is 49.1 Å². The Morgan fingerprint density at radius 1 is 1.17 bits per heavy atom. The minimum atomic E-state index is -0.576. The van der Waals surface area contributed by atoms with E-state index >= 15 is 0 Å². The largest absolute Gasteiger partial charge is 0.479 e. The van der Waals surface area contributed by atoms with Crippen molar-refractivity contribution in [3.8, 4) is 5.75 Å². The summed E-state index contributed by atoms with van der Waals surface area (Å²) in [4.78, 5) is 27.2. The molecule has 6 heteroatoms. The molecule has 0 radical (unpaired) electrons. The number of carbonyl (C=O) groups is 2. The molecule has 0 saturated heterocycles. The number of benzene rings is 2. The normalized spacial score (nSPS) is 19.4. The number of nitrogens with one attached hydrogen (secondary N) is 1. The smallest absolute Gasteiger partial charge is 0.268 e. The van der Waals surface area contributed by atoms with Gasteiger partial charge in [0.05, 0.1) is 12.2 Å². The minimum Gasteiger partial charge on any atom is -0.479 e. The van der Waals surface area contributed by atoms with Crippen molar-refractivity contribution >= 4 is 34.8 Å². The van der Waals surface area contributed by atoms with Crippen LogP contribution in [0.4, 0.5) is 11.4 Å². The summed E-state index contributed by atoms with van der Waals surface area (Å²) in [5, 5.41) is 3.64. The minimum absolute atomic E-state index is 0.0544. The molecule has 2 aromatic carbocycles. The summed E-state index contributed by atoms with van der Waals surface area (Å²) in [7, 11) is 0. The number of carbonyl (C=O) groups excluding carboxylic acids is 2. The molecule has 2 aromatic rings. The fourth-order valence-corrected chi connectivity index (χ4v) is 4.25. The molecular formula is C23H25ClN2O3. The monoisotopic (exact) mass is 412 g/mol. The molecule has 0 spiro atoms. The second kappa shape index (κ2) is 8.46. The van der Waals surface area contributed by atoms with Gasteiger partial charge in [0.2, 0.25) is 5.91 Å². The van der Waals surface area contributed by atoms with Crippen molar-refractivity contribution in [1.29, 1.82) is 0 Å². The number of rotatable bonds is 4. The summed E-state index contributed by atoms with van der Waals surface area (Å²) >= 11 is 6.31. The van der Waals surface area contributed by atoms with Gasteiger partial charge in [-0.05, 0) is 49.6 Å². The molecular weight excluding hydrogens is 388 g/mol. The van der Waals surface area contributed by atoms with E-state index in [2.05, 4.69) is 5.32 Å². The third-order valence-electron chi connectivity index (χ3n) is 5.70. The Balaban J connectivity index is 1.60. The summed E-state index contributed by atoms with van der Waals surface area (Å²) in [6, 6.07) is 12.9. The van der Waals surface area contributed by atoms with Gasteiger partial charge in [-0.15, -0.1) is 0 Å². The SMILES string of the molecule is CC1Oc2ccc(NC(=O)C3CCCCC3)cc2N(Cc2ccccc2Cl)C1=O. The molecule has 1 saturated carbocycles. The van der Waals surface area contributed by atoms with Crippen LogP contribution in [-0.4, -0.2) is 17.9 Å². The van der Waals surface area contributed by atoms with Crippen molar-refractivity contribution in [2.24, 2.45) is 5.92 Å². The summed E-state index contributed by atoms with van der Waals surface area (Å²) in [5.41, 5.74) is 2.18. The van der Waals surface area contributed by atoms with Gasteiger partial charge in [0, 0.05) is 16.6 Å². The lowest BCUT2D eigenvalue weighted by Crippen LogP contribution is -2.44. The predicted molar refractivity (Wildman–Crippen MR) is 114 cm³/mol. The van der Waals surface area contributed by atoms with Gasteiger partial charge in [-0.25, -0.2) is 0 Å². The van der Waals surface area contributed by atoms with E-state index in [9.17, 15) is 9.59 Å². The number of anilines is 2. The maximum absolute atomic E-state index is 12.9. The second-order valence-electron chi connectivity index (χ2n) is 7.78. The number of hydrogen-bond acceptors (Lipinski definition) is 3. The Morgan fingerprint density at radius 2 is 1.93 bits per heavy atom. The van der Waals surface area contributed by atoms with E-state index < -0.39 is 6.10 Å². The Hall–Kier alpha value is -2.53. The number of fused-ring (bicyclic) bond motifs is 1. The van der Waals surface area contributed by atoms with Gasteiger partial charge >= 0.3 is 0 Å². The van der Waals surface area contributed by atoms with Gasteiger partial charge in [-0.2, -0.15) is 0 Å². The molecule has 0 bridgehead atoms. The van der Waals surface area contributed by atoms with Crippen LogP contribution in [0.5, 0.6) is 5.75 Å². The summed E-state index contributed by atoms with van der Waals surface area (Å²) in [5.74, 6) is 0.614. The van der Waals surface area contributed by atoms with Gasteiger partial charge in [0.25, 0.3) is 5.91 Å². The van der Waals surface area contributed by atoms with E-state index in [0.717, 1.165) is 31.2 Å². The molecule has 1 unspecified atom stereocenters. The van der Waals surface area contributed by atoms with Crippen molar-refractivity contribution in [3.63, 3.8) is 0 Å². The lowest BCUT2D eigenvalue weighted by molar-refractivity contribution is -0.125. The zero-order valence-corrected chi connectivity index (χ0v) is 17.2. The molecule has 2 amide bonds. The number of halogens is 1. The fraction of sp³-hybridized carbons (Fsp3) is 0.391. The van der Waals surface area contributed by atoms with E-state index in [1.54, 1.807) is 11.8 Å². The first-order chi connectivity index (χ1) is 14.0. The lowest BCUT2D eigenvalue weighted by atomic mass is 9.88. The van der Waals surface area contributed by atoms with Crippen LogP contribution >= 0.6 is 11.6 Å². The summed E-state index contributed by atoms with van der Waals surface area (Å²) in [6.45, 7) is 2.09. The third kappa shape index (κ3) is 4.25. The van der Waals surface area contributed by atoms with Crippen LogP contribution in [0.3, 0.4) is 0 Å². The molecule has 1 N–H and O–H groups in total. The Morgan fingerprint density at radius 3 is 2.69 bits per heavy atom. The number of nitrogens with zero attached hydrogens (tertiary/aromatic N) is 1. The maximum atomic E-state index is 12.9. The van der Waals surface area contributed by atoms with Crippen LogP contribution in [0.1, 0.15) is 44.6 Å². The van der Waals surface area contributed by atoms with E-state index in [-0.39, 0.29) is 17.7 Å². The lowest BCUT2D eigenvalue weighted by Gasteiger charge is -2.33. The highest BCUT2D eigenvalue weighted by molar-refractivity contribution is 6.31. The Kier molecular flexibility index (Phi) is 5.76. The molecule has 1 aliphatic carbocycles. The Bertz CT molecular complexity index is 924. The first-order valence-electron chi connectivity index (χ1n) is 10.2. The quantitative estimate of drug-likeness (QED) is 0.753. The van der Waals surface area contributed by atoms with Crippen molar-refractivity contribution in [2.45, 2.75) is 51.7 Å². The average molecular weight is 413 g/mol. The highest BCUT2D eigenvalue weighted by atomic mass is 35.5. The summed E-state index contributed by atoms with van der Waals surface area (Å²) < 4.78 is 5.78. The first kappa shape index (κ1) is 19.8. The first-order valence-corrected chi connectivity index (χ1v) is 10.6. The molecule has 0 aromatic heterocycles. The zero-order chi connectivity index (χ0) is 20.4. The van der Waals surface area contributed by atoms with Crippen LogP contribution in [-0.2, 0) is 16.1 Å². The van der Waals surface area contributed by atoms with Gasteiger partial charge in [-0.3, -0.25) is 9.59 Å². The van der Waals surface area contributed by atoms with Crippen LogP contribution in [0.15, 0.2) is 42.5 Å². The van der Waals surface area contributed by atoms with E-state index in [1.165, 1.54) is 6.42 Å². The molecule has 1 heterocycles. The van der Waals surface area contributed by atoms with Crippen molar-refractivity contribution in [2.75, 3.05) is 10.2 Å². The van der Waals surface area contributed by atoms with E-state index in [4.69, 9.17) is 16.3 Å². The number of ether oxygens (including phenoxy) is 1. The van der Waals surface area contributed by atoms with E-state index in [0.29, 0.717) is 28.7 Å². The zero-order valence-electron chi connectivity index (χ0n) is 16.5. The predicted octanol–water partition coefficient (Wildman–Crippen LogP) is 5.17. The van der Waals surface area contributed by atoms with E-state index in [1.807, 2.05) is 42.5 Å². The van der Waals surface area contributed by atoms with Crippen LogP contribution in [0, 0.1) is 5.92 Å². The molecule has 4 rings (SSSR count). The van der Waals surface area contributed by atoms with Crippen LogP contribution in [0.25, 0.3) is 0 Å². The van der Waals surface area contributed by atoms with Crippen molar-refractivity contribution < 1.29 is 14.3 Å². The number of amides is 2. The second-order valence-corrected chi connectivity index (χ2v) is 8.19. The third-order valence-corrected chi connectivity index (χ3v) is 6.07. The van der Waals surface area contributed by atoms with Crippen LogP contribution < -0.4 is 15.0 Å². The molecule has 152 valence electrons. The molecule has 1 fully saturated rings. The molecule has 1 aliphatic heterocycles. The van der Waals surface area contributed by atoms with Crippen molar-refractivity contribution in [1.82, 2.24) is 0 Å². The summed E-state index contributed by atoms with van der Waals surface area (Å²) in [6.07, 6.45) is 4.72. The van der Waals surface area contributed by atoms with Crippen LogP contribution in [0.2, 0.25) is 5.02 Å². The molecule has 5 nitrogen and oxygen atoms in total. The fourth-order valence-electron chi connectivity index (χ4n) is 4.05. The number of hydrogen-bond donors (Lipinski definition) is 1. The highest BCUT2D eigenvalue weighted by Crippen LogP contribution is 2.38. The molecule has 2 aliphatic rings.